The molecular formula is C22H23NO3S. The van der Waals surface area contributed by atoms with Crippen LogP contribution in [0.3, 0.4) is 0 Å². The molecule has 140 valence electrons. The van der Waals surface area contributed by atoms with E-state index in [4.69, 9.17) is 9.47 Å². The van der Waals surface area contributed by atoms with Crippen LogP contribution in [-0.4, -0.2) is 26.2 Å². The Bertz CT molecular complexity index is 961. The van der Waals surface area contributed by atoms with Gasteiger partial charge in [0.15, 0.2) is 11.5 Å². The average molecular weight is 381 g/mol. The Morgan fingerprint density at radius 2 is 1.93 bits per heavy atom. The number of carbonyl (C=O) groups is 1. The van der Waals surface area contributed by atoms with Crippen molar-refractivity contribution in [2.45, 2.75) is 19.4 Å². The van der Waals surface area contributed by atoms with Crippen molar-refractivity contribution in [3.8, 4) is 11.5 Å². The topological polar surface area (TPSA) is 47.6 Å². The minimum atomic E-state index is -0.114. The smallest absolute Gasteiger partial charge is 0.244 e. The first-order chi connectivity index (χ1) is 13.1. The van der Waals surface area contributed by atoms with Gasteiger partial charge < -0.3 is 14.8 Å². The molecule has 0 fully saturated rings. The Morgan fingerprint density at radius 3 is 2.70 bits per heavy atom. The first kappa shape index (κ1) is 19.0. The molecule has 4 nitrogen and oxygen atoms in total. The van der Waals surface area contributed by atoms with E-state index in [0.717, 1.165) is 12.0 Å². The Balaban J connectivity index is 1.60. The fraction of sp³-hybridized carbons (Fsp3) is 0.227. The van der Waals surface area contributed by atoms with E-state index in [-0.39, 0.29) is 11.9 Å². The van der Waals surface area contributed by atoms with E-state index in [1.807, 2.05) is 37.3 Å². The first-order valence-electron chi connectivity index (χ1n) is 8.76. The first-order valence-corrected chi connectivity index (χ1v) is 9.64. The molecule has 1 aromatic heterocycles. The van der Waals surface area contributed by atoms with Crippen LogP contribution in [0.15, 0.2) is 53.9 Å². The number of methoxy groups -OCH3 is 2. The second-order valence-electron chi connectivity index (χ2n) is 6.32. The van der Waals surface area contributed by atoms with Gasteiger partial charge in [-0.15, -0.1) is 11.3 Å². The number of ether oxygens (including phenoxy) is 2. The molecule has 1 N–H and O–H groups in total. The summed E-state index contributed by atoms with van der Waals surface area (Å²) in [6.07, 6.45) is 4.12. The highest BCUT2D eigenvalue weighted by Crippen LogP contribution is 2.28. The van der Waals surface area contributed by atoms with Crippen LogP contribution in [0.25, 0.3) is 16.2 Å². The molecule has 1 heterocycles. The van der Waals surface area contributed by atoms with Crippen molar-refractivity contribution < 1.29 is 14.3 Å². The fourth-order valence-corrected chi connectivity index (χ4v) is 3.97. The summed E-state index contributed by atoms with van der Waals surface area (Å²) in [5.41, 5.74) is 2.14. The lowest BCUT2D eigenvalue weighted by Crippen LogP contribution is -2.32. The van der Waals surface area contributed by atoms with Gasteiger partial charge in [0.05, 0.1) is 14.2 Å². The van der Waals surface area contributed by atoms with Crippen LogP contribution in [0, 0.1) is 0 Å². The van der Waals surface area contributed by atoms with Crippen LogP contribution >= 0.6 is 11.3 Å². The van der Waals surface area contributed by atoms with Gasteiger partial charge in [-0.25, -0.2) is 0 Å². The van der Waals surface area contributed by atoms with Crippen molar-refractivity contribution in [2.75, 3.05) is 14.2 Å². The Hall–Kier alpha value is -2.79. The number of thiophene rings is 1. The van der Waals surface area contributed by atoms with Gasteiger partial charge in [-0.3, -0.25) is 4.79 Å². The molecule has 3 aromatic rings. The quantitative estimate of drug-likeness (QED) is 0.605. The van der Waals surface area contributed by atoms with Gasteiger partial charge in [0.2, 0.25) is 5.91 Å². The van der Waals surface area contributed by atoms with Crippen molar-refractivity contribution in [1.82, 2.24) is 5.32 Å². The molecule has 3 rings (SSSR count). The van der Waals surface area contributed by atoms with Gasteiger partial charge >= 0.3 is 0 Å². The molecule has 0 saturated heterocycles. The zero-order valence-electron chi connectivity index (χ0n) is 15.7. The molecule has 1 amide bonds. The van der Waals surface area contributed by atoms with Crippen LogP contribution < -0.4 is 14.8 Å². The Kier molecular flexibility index (Phi) is 6.14. The SMILES string of the molecule is COc1ccc(/C=C/C(=O)N[C@H](C)Cc2csc3ccccc23)cc1OC. The molecule has 0 bridgehead atoms. The van der Waals surface area contributed by atoms with E-state index in [9.17, 15) is 4.79 Å². The second kappa shape index (κ2) is 8.73. The van der Waals surface area contributed by atoms with E-state index >= 15 is 0 Å². The number of carbonyl (C=O) groups excluding carboxylic acids is 1. The van der Waals surface area contributed by atoms with E-state index < -0.39 is 0 Å². The second-order valence-corrected chi connectivity index (χ2v) is 7.23. The van der Waals surface area contributed by atoms with Gasteiger partial charge in [-0.1, -0.05) is 24.3 Å². The number of benzene rings is 2. The van der Waals surface area contributed by atoms with Crippen molar-refractivity contribution in [1.29, 1.82) is 0 Å². The molecule has 0 saturated carbocycles. The number of hydrogen-bond acceptors (Lipinski definition) is 4. The predicted molar refractivity (Wildman–Crippen MR) is 112 cm³/mol. The maximum absolute atomic E-state index is 12.2. The highest BCUT2D eigenvalue weighted by atomic mass is 32.1. The van der Waals surface area contributed by atoms with Gasteiger partial charge in [-0.05, 0) is 59.5 Å². The van der Waals surface area contributed by atoms with Crippen molar-refractivity contribution in [3.05, 3.63) is 65.0 Å². The zero-order valence-corrected chi connectivity index (χ0v) is 16.5. The van der Waals surface area contributed by atoms with Crippen molar-refractivity contribution in [3.63, 3.8) is 0 Å². The number of hydrogen-bond donors (Lipinski definition) is 1. The molecule has 0 unspecified atom stereocenters. The Morgan fingerprint density at radius 1 is 1.15 bits per heavy atom. The maximum atomic E-state index is 12.2. The van der Waals surface area contributed by atoms with Crippen LogP contribution in [0.2, 0.25) is 0 Å². The number of fused-ring (bicyclic) bond motifs is 1. The highest BCUT2D eigenvalue weighted by Gasteiger charge is 2.10. The molecule has 5 heteroatoms. The van der Waals surface area contributed by atoms with Crippen LogP contribution in [0.4, 0.5) is 0 Å². The summed E-state index contributed by atoms with van der Waals surface area (Å²) in [6, 6.07) is 13.9. The lowest BCUT2D eigenvalue weighted by Gasteiger charge is -2.12. The summed E-state index contributed by atoms with van der Waals surface area (Å²) in [6.45, 7) is 2.02. The molecular weight excluding hydrogens is 358 g/mol. The lowest BCUT2D eigenvalue weighted by molar-refractivity contribution is -0.117. The van der Waals surface area contributed by atoms with Gasteiger partial charge in [-0.2, -0.15) is 0 Å². The lowest BCUT2D eigenvalue weighted by atomic mass is 10.1. The maximum Gasteiger partial charge on any atom is 0.244 e. The number of nitrogens with one attached hydrogen (secondary N) is 1. The van der Waals surface area contributed by atoms with Crippen LogP contribution in [0.1, 0.15) is 18.1 Å². The van der Waals surface area contributed by atoms with Crippen molar-refractivity contribution in [2.24, 2.45) is 0 Å². The highest BCUT2D eigenvalue weighted by molar-refractivity contribution is 7.17. The van der Waals surface area contributed by atoms with Crippen LogP contribution in [0.5, 0.6) is 11.5 Å². The van der Waals surface area contributed by atoms with Gasteiger partial charge in [0.25, 0.3) is 0 Å². The molecule has 0 spiro atoms. The zero-order chi connectivity index (χ0) is 19.2. The third kappa shape index (κ3) is 4.68. The molecule has 1 atom stereocenters. The molecule has 0 aliphatic heterocycles. The number of amides is 1. The summed E-state index contributed by atoms with van der Waals surface area (Å²) in [5, 5.41) is 6.47. The minimum absolute atomic E-state index is 0.0468. The fourth-order valence-electron chi connectivity index (χ4n) is 2.99. The average Bonchev–Trinajstić information content (AvgIpc) is 3.09. The Labute approximate surface area is 163 Å². The third-order valence-corrected chi connectivity index (χ3v) is 5.32. The van der Waals surface area contributed by atoms with Crippen LogP contribution in [-0.2, 0) is 11.2 Å². The molecule has 0 radical (unpaired) electrons. The normalized spacial score (nSPS) is 12.3. The molecule has 0 aliphatic carbocycles. The summed E-state index contributed by atoms with van der Waals surface area (Å²) in [7, 11) is 3.19. The number of rotatable bonds is 7. The summed E-state index contributed by atoms with van der Waals surface area (Å²) in [4.78, 5) is 12.2. The monoisotopic (exact) mass is 381 g/mol. The van der Waals surface area contributed by atoms with Crippen molar-refractivity contribution >= 4 is 33.4 Å². The van der Waals surface area contributed by atoms with E-state index in [1.54, 1.807) is 37.7 Å². The molecule has 2 aromatic carbocycles. The van der Waals surface area contributed by atoms with E-state index in [2.05, 4.69) is 22.8 Å². The molecule has 27 heavy (non-hydrogen) atoms. The van der Waals surface area contributed by atoms with Gasteiger partial charge in [0, 0.05) is 16.8 Å². The third-order valence-electron chi connectivity index (χ3n) is 4.31. The largest absolute Gasteiger partial charge is 0.493 e. The van der Waals surface area contributed by atoms with E-state index in [0.29, 0.717) is 11.5 Å². The standard InChI is InChI=1S/C22H23NO3S/c1-15(12-17-14-27-21-7-5-4-6-18(17)21)23-22(24)11-9-16-8-10-19(25-2)20(13-16)26-3/h4-11,13-15H,12H2,1-3H3,(H,23,24)/b11-9+/t15-/m1/s1. The summed E-state index contributed by atoms with van der Waals surface area (Å²) in [5.74, 6) is 1.19. The summed E-state index contributed by atoms with van der Waals surface area (Å²) < 4.78 is 11.8. The summed E-state index contributed by atoms with van der Waals surface area (Å²) >= 11 is 1.74. The predicted octanol–water partition coefficient (Wildman–Crippen LogP) is 4.68. The minimum Gasteiger partial charge on any atom is -0.493 e. The molecule has 0 aliphatic rings. The van der Waals surface area contributed by atoms with E-state index in [1.165, 1.54) is 15.6 Å². The van der Waals surface area contributed by atoms with Gasteiger partial charge in [0.1, 0.15) is 0 Å².